The fourth-order valence-corrected chi connectivity index (χ4v) is 4.24. The van der Waals surface area contributed by atoms with Crippen molar-refractivity contribution in [2.75, 3.05) is 6.79 Å². The summed E-state index contributed by atoms with van der Waals surface area (Å²) < 4.78 is 16.9. The molecule has 0 saturated heterocycles. The first kappa shape index (κ1) is 14.8. The monoisotopic (exact) mass is 338 g/mol. The number of carbonyl (C=O) groups excluding carboxylic acids is 2. The van der Waals surface area contributed by atoms with E-state index >= 15 is 0 Å². The number of rotatable bonds is 1. The van der Waals surface area contributed by atoms with Crippen LogP contribution in [0.3, 0.4) is 0 Å². The minimum Gasteiger partial charge on any atom is -0.465 e. The zero-order valence-corrected chi connectivity index (χ0v) is 13.8. The Balaban J connectivity index is 1.69. The molecule has 0 amide bonds. The Bertz CT molecular complexity index is 819. The third kappa shape index (κ3) is 2.22. The number of carbonyl (C=O) groups is 2. The first-order valence-electron chi connectivity index (χ1n) is 8.82. The summed E-state index contributed by atoms with van der Waals surface area (Å²) >= 11 is 0. The van der Waals surface area contributed by atoms with Crippen LogP contribution in [0.15, 0.2) is 40.9 Å². The summed E-state index contributed by atoms with van der Waals surface area (Å²) in [6.45, 7) is 0.201. The first-order chi connectivity index (χ1) is 12.2. The van der Waals surface area contributed by atoms with Gasteiger partial charge in [-0.05, 0) is 30.5 Å². The number of fused-ring (bicyclic) bond motifs is 1. The van der Waals surface area contributed by atoms with Crippen molar-refractivity contribution in [1.82, 2.24) is 0 Å². The number of hydrogen-bond donors (Lipinski definition) is 0. The van der Waals surface area contributed by atoms with E-state index in [1.54, 1.807) is 0 Å². The maximum atomic E-state index is 12.7. The molecule has 1 aromatic carbocycles. The van der Waals surface area contributed by atoms with Crippen LogP contribution < -0.4 is 9.47 Å². The Labute approximate surface area is 145 Å². The van der Waals surface area contributed by atoms with Crippen LogP contribution in [-0.4, -0.2) is 18.4 Å². The van der Waals surface area contributed by atoms with Crippen molar-refractivity contribution >= 4 is 11.6 Å². The van der Waals surface area contributed by atoms with Crippen molar-refractivity contribution in [2.45, 2.75) is 44.4 Å². The Morgan fingerprint density at radius 1 is 0.800 bits per heavy atom. The molecule has 0 radical (unpaired) electrons. The minimum atomic E-state index is -0.339. The zero-order chi connectivity index (χ0) is 17.0. The van der Waals surface area contributed by atoms with Crippen molar-refractivity contribution in [2.24, 2.45) is 0 Å². The van der Waals surface area contributed by atoms with Gasteiger partial charge in [0, 0.05) is 42.7 Å². The van der Waals surface area contributed by atoms with Crippen molar-refractivity contribution in [1.29, 1.82) is 0 Å². The quantitative estimate of drug-likeness (QED) is 0.784. The molecule has 2 heterocycles. The molecule has 5 nitrogen and oxygen atoms in total. The van der Waals surface area contributed by atoms with E-state index in [1.165, 1.54) is 0 Å². The van der Waals surface area contributed by atoms with Gasteiger partial charge >= 0.3 is 0 Å². The van der Waals surface area contributed by atoms with Gasteiger partial charge in [-0.1, -0.05) is 6.07 Å². The molecule has 0 bridgehead atoms. The van der Waals surface area contributed by atoms with Crippen molar-refractivity contribution in [3.8, 4) is 11.5 Å². The van der Waals surface area contributed by atoms with Crippen LogP contribution in [-0.2, 0) is 14.3 Å². The maximum absolute atomic E-state index is 12.7. The number of Topliss-reactive ketones (excluding diaryl/α,β-unsaturated/α-hetero) is 2. The van der Waals surface area contributed by atoms with Crippen LogP contribution in [0.4, 0.5) is 0 Å². The van der Waals surface area contributed by atoms with Crippen LogP contribution in [0.5, 0.6) is 11.5 Å². The average molecular weight is 338 g/mol. The molecular weight excluding hydrogens is 320 g/mol. The third-order valence-electron chi connectivity index (χ3n) is 5.37. The van der Waals surface area contributed by atoms with Gasteiger partial charge in [-0.25, -0.2) is 0 Å². The Kier molecular flexibility index (Phi) is 3.23. The number of hydrogen-bond acceptors (Lipinski definition) is 5. The van der Waals surface area contributed by atoms with Gasteiger partial charge in [-0.3, -0.25) is 9.59 Å². The molecule has 0 saturated carbocycles. The molecule has 4 aliphatic rings. The Morgan fingerprint density at radius 3 is 2.12 bits per heavy atom. The average Bonchev–Trinajstić information content (AvgIpc) is 3.08. The Morgan fingerprint density at radius 2 is 1.44 bits per heavy atom. The molecule has 0 spiro atoms. The van der Waals surface area contributed by atoms with E-state index in [1.807, 2.05) is 18.2 Å². The summed E-state index contributed by atoms with van der Waals surface area (Å²) in [6.07, 6.45) is 4.16. The van der Waals surface area contributed by atoms with Crippen molar-refractivity contribution in [3.63, 3.8) is 0 Å². The van der Waals surface area contributed by atoms with Crippen LogP contribution >= 0.6 is 0 Å². The molecule has 5 heteroatoms. The third-order valence-corrected chi connectivity index (χ3v) is 5.37. The summed E-state index contributed by atoms with van der Waals surface area (Å²) in [5.41, 5.74) is 2.23. The molecule has 128 valence electrons. The minimum absolute atomic E-state index is 0.0915. The zero-order valence-electron chi connectivity index (χ0n) is 13.8. The molecule has 2 aliphatic heterocycles. The number of ether oxygens (including phenoxy) is 3. The normalized spacial score (nSPS) is 22.7. The van der Waals surface area contributed by atoms with Crippen LogP contribution in [0, 0.1) is 0 Å². The van der Waals surface area contributed by atoms with E-state index < -0.39 is 0 Å². The fourth-order valence-electron chi connectivity index (χ4n) is 4.24. The topological polar surface area (TPSA) is 61.8 Å². The van der Waals surface area contributed by atoms with Gasteiger partial charge < -0.3 is 14.2 Å². The van der Waals surface area contributed by atoms with Crippen LogP contribution in [0.1, 0.15) is 50.0 Å². The molecule has 0 N–H and O–H groups in total. The highest BCUT2D eigenvalue weighted by atomic mass is 16.7. The molecule has 0 aromatic heterocycles. The van der Waals surface area contributed by atoms with E-state index in [4.69, 9.17) is 14.2 Å². The number of allylic oxidation sites excluding steroid dienone is 4. The highest BCUT2D eigenvalue weighted by Crippen LogP contribution is 2.49. The van der Waals surface area contributed by atoms with Crippen molar-refractivity contribution in [3.05, 3.63) is 46.4 Å². The van der Waals surface area contributed by atoms with Gasteiger partial charge in [0.25, 0.3) is 0 Å². The van der Waals surface area contributed by atoms with Gasteiger partial charge in [0.15, 0.2) is 23.1 Å². The van der Waals surface area contributed by atoms with E-state index in [0.29, 0.717) is 35.5 Å². The van der Waals surface area contributed by atoms with E-state index in [2.05, 4.69) is 0 Å². The van der Waals surface area contributed by atoms with E-state index in [0.717, 1.165) is 42.8 Å². The fraction of sp³-hybridized carbons (Fsp3) is 0.400. The summed E-state index contributed by atoms with van der Waals surface area (Å²) in [4.78, 5) is 25.4. The second kappa shape index (κ2) is 5.48. The van der Waals surface area contributed by atoms with Crippen LogP contribution in [0.25, 0.3) is 0 Å². The smallest absolute Gasteiger partial charge is 0.231 e. The molecule has 0 fully saturated rings. The first-order valence-corrected chi connectivity index (χ1v) is 8.82. The molecule has 2 aliphatic carbocycles. The Hall–Kier alpha value is -2.56. The van der Waals surface area contributed by atoms with E-state index in [-0.39, 0.29) is 24.3 Å². The molecule has 0 unspecified atom stereocenters. The predicted molar refractivity (Wildman–Crippen MR) is 88.2 cm³/mol. The largest absolute Gasteiger partial charge is 0.465 e. The summed E-state index contributed by atoms with van der Waals surface area (Å²) in [6, 6.07) is 5.69. The molecule has 5 rings (SSSR count). The summed E-state index contributed by atoms with van der Waals surface area (Å²) in [5.74, 6) is 2.72. The summed E-state index contributed by atoms with van der Waals surface area (Å²) in [5, 5.41) is 0. The van der Waals surface area contributed by atoms with Gasteiger partial charge in [0.1, 0.15) is 11.5 Å². The maximum Gasteiger partial charge on any atom is 0.231 e. The number of benzene rings is 1. The van der Waals surface area contributed by atoms with Gasteiger partial charge in [0.05, 0.1) is 0 Å². The lowest BCUT2D eigenvalue weighted by Crippen LogP contribution is -2.30. The predicted octanol–water partition coefficient (Wildman–Crippen LogP) is 3.54. The molecule has 25 heavy (non-hydrogen) atoms. The van der Waals surface area contributed by atoms with Crippen molar-refractivity contribution < 1.29 is 23.8 Å². The second-order valence-corrected chi connectivity index (χ2v) is 6.87. The summed E-state index contributed by atoms with van der Waals surface area (Å²) in [7, 11) is 0. The van der Waals surface area contributed by atoms with Crippen LogP contribution in [0.2, 0.25) is 0 Å². The molecule has 1 aromatic rings. The highest BCUT2D eigenvalue weighted by molar-refractivity contribution is 6.05. The number of ketones is 2. The molecular formula is C20H18O5. The second-order valence-electron chi connectivity index (χ2n) is 6.87. The van der Waals surface area contributed by atoms with Gasteiger partial charge in [0.2, 0.25) is 6.79 Å². The lowest BCUT2D eigenvalue weighted by molar-refractivity contribution is -0.117. The standard InChI is InChI=1S/C20H18O5/c21-12-3-1-5-15-19(12)18(20-13(22)4-2-6-16(20)25-15)11-7-8-14-17(9-11)24-10-23-14/h7-9,18H,1-6,10H2. The SMILES string of the molecule is O=C1CCCC2=C1C(c1ccc3c(c1)OCO3)C1=C(CCCC1=O)O2. The van der Waals surface area contributed by atoms with Gasteiger partial charge in [-0.15, -0.1) is 0 Å². The lowest BCUT2D eigenvalue weighted by atomic mass is 9.73. The lowest BCUT2D eigenvalue weighted by Gasteiger charge is -2.36. The van der Waals surface area contributed by atoms with Gasteiger partial charge in [-0.2, -0.15) is 0 Å². The van der Waals surface area contributed by atoms with E-state index in [9.17, 15) is 9.59 Å². The molecule has 0 atom stereocenters. The highest BCUT2D eigenvalue weighted by Gasteiger charge is 2.42.